The molecule has 1 aliphatic rings. The molecule has 0 spiro atoms. The Labute approximate surface area is 224 Å². The Bertz CT molecular complexity index is 1540. The Hall–Kier alpha value is -2.46. The second-order valence-electron chi connectivity index (χ2n) is 9.28. The maximum Gasteiger partial charge on any atom is 0.243 e. The molecule has 1 N–H and O–H groups in total. The van der Waals surface area contributed by atoms with Crippen LogP contribution in [-0.2, 0) is 10.0 Å². The highest BCUT2D eigenvalue weighted by Gasteiger charge is 2.32. The minimum atomic E-state index is -3.56. The minimum absolute atomic E-state index is 0.0873. The van der Waals surface area contributed by atoms with Crippen molar-refractivity contribution in [2.45, 2.75) is 44.6 Å². The number of aromatic nitrogens is 3. The summed E-state index contributed by atoms with van der Waals surface area (Å²) in [6.07, 6.45) is 3.07. The van der Waals surface area contributed by atoms with Crippen LogP contribution in [0.25, 0.3) is 16.9 Å². The molecule has 36 heavy (non-hydrogen) atoms. The van der Waals surface area contributed by atoms with Crippen molar-refractivity contribution >= 4 is 49.0 Å². The molecule has 2 aromatic heterocycles. The van der Waals surface area contributed by atoms with Crippen LogP contribution >= 0.6 is 27.5 Å². The first-order valence-electron chi connectivity index (χ1n) is 11.8. The Morgan fingerprint density at radius 1 is 1.06 bits per heavy atom. The number of nitrogens with one attached hydrogen (secondary N) is 1. The first-order valence-corrected chi connectivity index (χ1v) is 14.4. The van der Waals surface area contributed by atoms with Crippen LogP contribution < -0.4 is 5.32 Å². The third-order valence-electron chi connectivity index (χ3n) is 6.59. The van der Waals surface area contributed by atoms with Crippen molar-refractivity contribution in [1.82, 2.24) is 18.9 Å². The molecular formula is C26H27BrClN5O2S. The standard InChI is InChI=1S/C26H27BrClN5O2S/c1-16-12-17(2)25(18(3)13-16)36(34,35)32-10-8-19(9-11-32)30-24-14-23(20-6-4-5-7-22(20)28)31-26-21(27)15-29-33(24)26/h4-7,12-15,19,30H,8-11H2,1-3H3. The zero-order chi connectivity index (χ0) is 25.6. The van der Waals surface area contributed by atoms with Crippen molar-refractivity contribution in [3.05, 3.63) is 74.8 Å². The Morgan fingerprint density at radius 3 is 2.39 bits per heavy atom. The van der Waals surface area contributed by atoms with Crippen molar-refractivity contribution < 1.29 is 8.42 Å². The first-order chi connectivity index (χ1) is 17.1. The normalized spacial score (nSPS) is 15.5. The predicted molar refractivity (Wildman–Crippen MR) is 147 cm³/mol. The molecule has 3 heterocycles. The highest BCUT2D eigenvalue weighted by molar-refractivity contribution is 9.10. The van der Waals surface area contributed by atoms with E-state index in [1.165, 1.54) is 0 Å². The van der Waals surface area contributed by atoms with Crippen molar-refractivity contribution in [3.63, 3.8) is 0 Å². The van der Waals surface area contributed by atoms with Crippen molar-refractivity contribution in [2.75, 3.05) is 18.4 Å². The molecule has 5 rings (SSSR count). The summed E-state index contributed by atoms with van der Waals surface area (Å²) >= 11 is 9.99. The lowest BCUT2D eigenvalue weighted by molar-refractivity contribution is 0.329. The topological polar surface area (TPSA) is 79.6 Å². The summed E-state index contributed by atoms with van der Waals surface area (Å²) in [4.78, 5) is 5.19. The van der Waals surface area contributed by atoms with Crippen molar-refractivity contribution in [1.29, 1.82) is 0 Å². The largest absolute Gasteiger partial charge is 0.367 e. The van der Waals surface area contributed by atoms with Crippen LogP contribution in [0.3, 0.4) is 0 Å². The fourth-order valence-electron chi connectivity index (χ4n) is 5.00. The predicted octanol–water partition coefficient (Wildman–Crippen LogP) is 6.00. The van der Waals surface area contributed by atoms with E-state index >= 15 is 0 Å². The van der Waals surface area contributed by atoms with Gasteiger partial charge >= 0.3 is 0 Å². The molecule has 188 valence electrons. The van der Waals surface area contributed by atoms with E-state index in [9.17, 15) is 8.42 Å². The Balaban J connectivity index is 1.39. The van der Waals surface area contributed by atoms with Crippen molar-refractivity contribution in [2.24, 2.45) is 0 Å². The third-order valence-corrected chi connectivity index (χ3v) is 9.68. The first kappa shape index (κ1) is 25.2. The molecule has 1 saturated heterocycles. The summed E-state index contributed by atoms with van der Waals surface area (Å²) in [5.41, 5.74) is 4.91. The molecule has 0 bridgehead atoms. The summed E-state index contributed by atoms with van der Waals surface area (Å²) in [5.74, 6) is 0.784. The molecule has 0 aliphatic carbocycles. The highest BCUT2D eigenvalue weighted by Crippen LogP contribution is 2.32. The number of hydrogen-bond donors (Lipinski definition) is 1. The second kappa shape index (κ2) is 9.78. The Morgan fingerprint density at radius 2 is 1.72 bits per heavy atom. The van der Waals surface area contributed by atoms with Gasteiger partial charge in [0.1, 0.15) is 5.82 Å². The minimum Gasteiger partial charge on any atom is -0.367 e. The molecule has 0 amide bonds. The van der Waals surface area contributed by atoms with Gasteiger partial charge in [0.25, 0.3) is 0 Å². The SMILES string of the molecule is Cc1cc(C)c(S(=O)(=O)N2CCC(Nc3cc(-c4ccccc4Cl)nc4c(Br)cnn34)CC2)c(C)c1. The number of hydrogen-bond acceptors (Lipinski definition) is 5. The lowest BCUT2D eigenvalue weighted by atomic mass is 10.1. The van der Waals surface area contributed by atoms with Gasteiger partial charge in [-0.1, -0.05) is 47.5 Å². The number of benzene rings is 2. The zero-order valence-corrected chi connectivity index (χ0v) is 23.5. The third kappa shape index (κ3) is 4.65. The van der Waals surface area contributed by atoms with Gasteiger partial charge in [-0.05, 0) is 66.7 Å². The van der Waals surface area contributed by atoms with E-state index in [4.69, 9.17) is 16.6 Å². The van der Waals surface area contributed by atoms with Crippen molar-refractivity contribution in [3.8, 4) is 11.3 Å². The van der Waals surface area contributed by atoms with Gasteiger partial charge in [-0.15, -0.1) is 0 Å². The maximum absolute atomic E-state index is 13.5. The summed E-state index contributed by atoms with van der Waals surface area (Å²) < 4.78 is 31.1. The number of anilines is 1. The van der Waals surface area contributed by atoms with Gasteiger partial charge < -0.3 is 5.32 Å². The van der Waals surface area contributed by atoms with Gasteiger partial charge in [-0.25, -0.2) is 13.4 Å². The fraction of sp³-hybridized carbons (Fsp3) is 0.308. The molecule has 7 nitrogen and oxygen atoms in total. The molecule has 1 fully saturated rings. The van der Waals surface area contributed by atoms with Crippen LogP contribution in [0.1, 0.15) is 29.5 Å². The lowest BCUT2D eigenvalue weighted by Crippen LogP contribution is -2.42. The van der Waals surface area contributed by atoms with Gasteiger partial charge in [0.2, 0.25) is 10.0 Å². The van der Waals surface area contributed by atoms with Crippen LogP contribution in [0, 0.1) is 20.8 Å². The van der Waals surface area contributed by atoms with E-state index in [2.05, 4.69) is 26.3 Å². The van der Waals surface area contributed by atoms with Gasteiger partial charge in [0, 0.05) is 35.8 Å². The molecule has 4 aromatic rings. The highest BCUT2D eigenvalue weighted by atomic mass is 79.9. The van der Waals surface area contributed by atoms with Crippen LogP contribution in [0.4, 0.5) is 5.82 Å². The number of piperidine rings is 1. The lowest BCUT2D eigenvalue weighted by Gasteiger charge is -2.33. The van der Waals surface area contributed by atoms with E-state index in [1.807, 2.05) is 63.2 Å². The van der Waals surface area contributed by atoms with Gasteiger partial charge in [0.05, 0.1) is 21.3 Å². The molecule has 2 aromatic carbocycles. The zero-order valence-electron chi connectivity index (χ0n) is 20.3. The molecule has 0 radical (unpaired) electrons. The van der Waals surface area contributed by atoms with Crippen LogP contribution in [0.15, 0.2) is 58.0 Å². The monoisotopic (exact) mass is 587 g/mol. The fourth-order valence-corrected chi connectivity index (χ4v) is 7.46. The average molecular weight is 589 g/mol. The molecule has 0 atom stereocenters. The molecular weight excluding hydrogens is 562 g/mol. The number of aryl methyl sites for hydroxylation is 3. The Kier molecular flexibility index (Phi) is 6.84. The summed E-state index contributed by atoms with van der Waals surface area (Å²) in [5, 5.41) is 8.67. The van der Waals surface area contributed by atoms with Crippen LogP contribution in [-0.4, -0.2) is 46.5 Å². The van der Waals surface area contributed by atoms with Crippen LogP contribution in [0.2, 0.25) is 5.02 Å². The van der Waals surface area contributed by atoms with Gasteiger partial charge in [0.15, 0.2) is 5.65 Å². The number of sulfonamides is 1. The number of nitrogens with zero attached hydrogens (tertiary/aromatic N) is 4. The number of halogens is 2. The van der Waals surface area contributed by atoms with Gasteiger partial charge in [-0.2, -0.15) is 13.9 Å². The van der Waals surface area contributed by atoms with Gasteiger partial charge in [-0.3, -0.25) is 0 Å². The van der Waals surface area contributed by atoms with E-state index < -0.39 is 10.0 Å². The van der Waals surface area contributed by atoms with Crippen LogP contribution in [0.5, 0.6) is 0 Å². The summed E-state index contributed by atoms with van der Waals surface area (Å²) in [6, 6.07) is 13.5. The van der Waals surface area contributed by atoms with E-state index in [0.717, 1.165) is 38.2 Å². The molecule has 10 heteroatoms. The number of fused-ring (bicyclic) bond motifs is 1. The second-order valence-corrected chi connectivity index (χ2v) is 12.4. The quantitative estimate of drug-likeness (QED) is 0.309. The number of rotatable bonds is 5. The van der Waals surface area contributed by atoms with E-state index in [0.29, 0.717) is 41.5 Å². The molecule has 0 unspecified atom stereocenters. The molecule has 0 saturated carbocycles. The summed E-state index contributed by atoms with van der Waals surface area (Å²) in [7, 11) is -3.56. The maximum atomic E-state index is 13.5. The average Bonchev–Trinajstić information content (AvgIpc) is 3.20. The smallest absolute Gasteiger partial charge is 0.243 e. The summed E-state index contributed by atoms with van der Waals surface area (Å²) in [6.45, 7) is 6.62. The molecule has 1 aliphatic heterocycles. The van der Waals surface area contributed by atoms with E-state index in [-0.39, 0.29) is 6.04 Å². The van der Waals surface area contributed by atoms with E-state index in [1.54, 1.807) is 15.0 Å².